The monoisotopic (exact) mass is 218 g/mol. The van der Waals surface area contributed by atoms with Gasteiger partial charge in [0.1, 0.15) is 0 Å². The van der Waals surface area contributed by atoms with Gasteiger partial charge in [-0.15, -0.1) is 0 Å². The Hall–Kier alpha value is 0.137. The minimum absolute atomic E-state index is 0.393. The molecule has 1 N–H and O–H groups in total. The van der Waals surface area contributed by atoms with Crippen molar-refractivity contribution in [2.75, 3.05) is 0 Å². The number of hydrogen-bond acceptors (Lipinski definition) is 2. The summed E-state index contributed by atoms with van der Waals surface area (Å²) in [6, 6.07) is 1.18. The quantitative estimate of drug-likeness (QED) is 0.436. The Labute approximate surface area is 89.6 Å². The summed E-state index contributed by atoms with van der Waals surface area (Å²) in [4.78, 5) is 4.47. The summed E-state index contributed by atoms with van der Waals surface area (Å²) in [7, 11) is -1.22. The zero-order valence-electron chi connectivity index (χ0n) is 10.8. The average Bonchev–Trinajstić information content (AvgIpc) is 1.99. The highest BCUT2D eigenvalue weighted by molar-refractivity contribution is 6.80. The topological polar surface area (TPSA) is 29.5 Å². The second-order valence-corrected chi connectivity index (χ2v) is 12.3. The van der Waals surface area contributed by atoms with Gasteiger partial charge in [0, 0.05) is 0 Å². The van der Waals surface area contributed by atoms with E-state index in [1.54, 1.807) is 0 Å². The number of hydrogen-bond donors (Lipinski definition) is 1. The van der Waals surface area contributed by atoms with Gasteiger partial charge in [-0.05, 0) is 25.3 Å². The summed E-state index contributed by atoms with van der Waals surface area (Å²) in [5, 5.41) is 9.12. The van der Waals surface area contributed by atoms with E-state index in [-0.39, 0.29) is 0 Å². The van der Waals surface area contributed by atoms with Crippen LogP contribution in [0.15, 0.2) is 0 Å². The van der Waals surface area contributed by atoms with Crippen LogP contribution in [0.25, 0.3) is 0 Å². The molecule has 0 spiro atoms. The molecule has 0 fully saturated rings. The lowest BCUT2D eigenvalue weighted by atomic mass is 10.1. The van der Waals surface area contributed by atoms with Crippen LogP contribution in [0, 0.1) is 0 Å². The molecule has 2 nitrogen and oxygen atoms in total. The van der Waals surface area contributed by atoms with Crippen molar-refractivity contribution in [1.29, 1.82) is 0 Å². The molecular formula is C11H26O2Si. The van der Waals surface area contributed by atoms with Crippen molar-refractivity contribution < 1.29 is 10.1 Å². The molecule has 0 aromatic heterocycles. The molecule has 0 unspecified atom stereocenters. The largest absolute Gasteiger partial charge is 0.251 e. The highest BCUT2D eigenvalue weighted by Gasteiger charge is 2.36. The fraction of sp³-hybridized carbons (Fsp3) is 1.00. The lowest BCUT2D eigenvalue weighted by molar-refractivity contribution is -0.313. The summed E-state index contributed by atoms with van der Waals surface area (Å²) in [6.45, 7) is 15.6. The molecule has 0 rings (SSSR count). The van der Waals surface area contributed by atoms with E-state index >= 15 is 0 Å². The molecule has 0 atom stereocenters. The first kappa shape index (κ1) is 14.1. The zero-order chi connectivity index (χ0) is 11.6. The van der Waals surface area contributed by atoms with Gasteiger partial charge in [-0.2, -0.15) is 0 Å². The molecule has 0 amide bonds. The summed E-state index contributed by atoms with van der Waals surface area (Å²) >= 11 is 0. The van der Waals surface area contributed by atoms with Crippen molar-refractivity contribution in [3.8, 4) is 0 Å². The van der Waals surface area contributed by atoms with E-state index in [2.05, 4.69) is 38.8 Å². The first-order valence-electron chi connectivity index (χ1n) is 5.34. The van der Waals surface area contributed by atoms with E-state index < -0.39 is 13.7 Å². The molecule has 0 bridgehead atoms. The van der Waals surface area contributed by atoms with Crippen LogP contribution in [0.5, 0.6) is 0 Å². The smallest absolute Gasteiger partial charge is 0.0974 e. The van der Waals surface area contributed by atoms with Gasteiger partial charge in [0.15, 0.2) is 0 Å². The second-order valence-electron chi connectivity index (χ2n) is 6.48. The van der Waals surface area contributed by atoms with Gasteiger partial charge in [-0.25, -0.2) is 4.89 Å². The van der Waals surface area contributed by atoms with Gasteiger partial charge in [-0.3, -0.25) is 5.26 Å². The van der Waals surface area contributed by atoms with Gasteiger partial charge >= 0.3 is 0 Å². The van der Waals surface area contributed by atoms with E-state index in [0.29, 0.717) is 5.04 Å². The van der Waals surface area contributed by atoms with Crippen LogP contribution in [0.1, 0.15) is 41.0 Å². The molecule has 0 saturated heterocycles. The molecule has 0 aliphatic heterocycles. The molecule has 86 valence electrons. The Kier molecular flexibility index (Phi) is 4.37. The third kappa shape index (κ3) is 4.11. The average molecular weight is 218 g/mol. The molecule has 0 heterocycles. The Bertz CT molecular complexity index is 180. The lowest BCUT2D eigenvalue weighted by Gasteiger charge is -2.38. The fourth-order valence-electron chi connectivity index (χ4n) is 1.03. The molecule has 14 heavy (non-hydrogen) atoms. The maximum Gasteiger partial charge on any atom is 0.0974 e. The highest BCUT2D eigenvalue weighted by atomic mass is 28.3. The molecule has 0 aromatic rings. The van der Waals surface area contributed by atoms with E-state index in [0.717, 1.165) is 6.42 Å². The van der Waals surface area contributed by atoms with Crippen LogP contribution >= 0.6 is 0 Å². The maximum absolute atomic E-state index is 8.71. The maximum atomic E-state index is 8.71. The first-order chi connectivity index (χ1) is 6.02. The molecule has 0 radical (unpaired) electrons. The third-order valence-corrected chi connectivity index (χ3v) is 9.19. The fourth-order valence-corrected chi connectivity index (χ4v) is 3.01. The molecule has 0 aromatic carbocycles. The minimum atomic E-state index is -1.22. The van der Waals surface area contributed by atoms with Crippen molar-refractivity contribution in [3.05, 3.63) is 0 Å². The van der Waals surface area contributed by atoms with Crippen LogP contribution < -0.4 is 0 Å². The molecule has 0 aliphatic rings. The highest BCUT2D eigenvalue weighted by Crippen LogP contribution is 2.40. The Balaban J connectivity index is 4.27. The van der Waals surface area contributed by atoms with Gasteiger partial charge in [0.2, 0.25) is 0 Å². The summed E-state index contributed by atoms with van der Waals surface area (Å²) < 4.78 is 0. The van der Waals surface area contributed by atoms with Gasteiger partial charge in [0.05, 0.1) is 13.7 Å². The summed E-state index contributed by atoms with van der Waals surface area (Å²) in [5.41, 5.74) is -0.393. The van der Waals surface area contributed by atoms with E-state index in [1.807, 2.05) is 13.8 Å². The van der Waals surface area contributed by atoms with Crippen molar-refractivity contribution in [1.82, 2.24) is 0 Å². The van der Waals surface area contributed by atoms with E-state index in [9.17, 15) is 0 Å². The predicted octanol–water partition coefficient (Wildman–Crippen LogP) is 4.15. The van der Waals surface area contributed by atoms with Gasteiger partial charge in [-0.1, -0.05) is 39.9 Å². The Morgan fingerprint density at radius 1 is 1.07 bits per heavy atom. The molecule has 3 heteroatoms. The molecule has 0 aliphatic carbocycles. The van der Waals surface area contributed by atoms with Gasteiger partial charge < -0.3 is 0 Å². The van der Waals surface area contributed by atoms with Crippen LogP contribution in [-0.2, 0) is 4.89 Å². The number of rotatable bonds is 4. The van der Waals surface area contributed by atoms with E-state index in [1.165, 1.54) is 6.04 Å². The van der Waals surface area contributed by atoms with Crippen molar-refractivity contribution in [3.63, 3.8) is 0 Å². The standard InChI is InChI=1S/C11H26O2Si/c1-10(2,3)14(6,7)9-8-11(4,5)13-12/h12H,8-9H2,1-7H3. The minimum Gasteiger partial charge on any atom is -0.251 e. The Morgan fingerprint density at radius 2 is 1.50 bits per heavy atom. The molecular weight excluding hydrogens is 192 g/mol. The summed E-state index contributed by atoms with van der Waals surface area (Å²) in [5.74, 6) is 0. The second kappa shape index (κ2) is 4.33. The van der Waals surface area contributed by atoms with Crippen molar-refractivity contribution in [2.45, 2.75) is 70.8 Å². The van der Waals surface area contributed by atoms with Crippen LogP contribution in [0.2, 0.25) is 24.2 Å². The predicted molar refractivity (Wildman–Crippen MR) is 64.4 cm³/mol. The van der Waals surface area contributed by atoms with Gasteiger partial charge in [0.25, 0.3) is 0 Å². The van der Waals surface area contributed by atoms with Crippen molar-refractivity contribution in [2.24, 2.45) is 0 Å². The zero-order valence-corrected chi connectivity index (χ0v) is 11.8. The normalized spacial score (nSPS) is 14.6. The van der Waals surface area contributed by atoms with Crippen LogP contribution in [0.4, 0.5) is 0 Å². The van der Waals surface area contributed by atoms with Crippen molar-refractivity contribution >= 4 is 8.07 Å². The van der Waals surface area contributed by atoms with Crippen LogP contribution in [-0.4, -0.2) is 18.9 Å². The van der Waals surface area contributed by atoms with Crippen LogP contribution in [0.3, 0.4) is 0 Å². The first-order valence-corrected chi connectivity index (χ1v) is 8.55. The Morgan fingerprint density at radius 3 is 1.79 bits per heavy atom. The molecule has 0 saturated carbocycles. The van der Waals surface area contributed by atoms with E-state index in [4.69, 9.17) is 5.26 Å². The third-order valence-electron chi connectivity index (χ3n) is 3.63. The lowest BCUT2D eigenvalue weighted by Crippen LogP contribution is -2.39. The SMILES string of the molecule is CC(C)(CC[Si](C)(C)C(C)(C)C)OO. The summed E-state index contributed by atoms with van der Waals surface area (Å²) in [6.07, 6.45) is 0.931.